The van der Waals surface area contributed by atoms with Gasteiger partial charge < -0.3 is 4.74 Å². The molecule has 1 saturated heterocycles. The standard InChI is InChI=1S/C8H17NO/c1-6-4-8(10-3)9-5-7(6)2/h6-9H,4-5H2,1-3H3. The number of ether oxygens (including phenoxy) is 1. The molecule has 1 fully saturated rings. The van der Waals surface area contributed by atoms with E-state index in [4.69, 9.17) is 4.74 Å². The van der Waals surface area contributed by atoms with Crippen molar-refractivity contribution in [3.8, 4) is 0 Å². The zero-order chi connectivity index (χ0) is 7.56. The lowest BCUT2D eigenvalue weighted by molar-refractivity contribution is 0.0208. The molecule has 0 saturated carbocycles. The highest BCUT2D eigenvalue weighted by molar-refractivity contribution is 4.74. The number of rotatable bonds is 1. The summed E-state index contributed by atoms with van der Waals surface area (Å²) in [7, 11) is 1.76. The van der Waals surface area contributed by atoms with E-state index in [-0.39, 0.29) is 0 Å². The second-order valence-electron chi connectivity index (χ2n) is 3.32. The Labute approximate surface area is 63.0 Å². The van der Waals surface area contributed by atoms with Gasteiger partial charge in [-0.25, -0.2) is 0 Å². The highest BCUT2D eigenvalue weighted by Crippen LogP contribution is 2.20. The number of piperidine rings is 1. The van der Waals surface area contributed by atoms with Crippen LogP contribution in [0.2, 0.25) is 0 Å². The lowest BCUT2D eigenvalue weighted by atomic mass is 9.89. The van der Waals surface area contributed by atoms with E-state index in [0.717, 1.165) is 24.8 Å². The Balaban J connectivity index is 2.33. The van der Waals surface area contributed by atoms with E-state index in [9.17, 15) is 0 Å². The number of nitrogens with one attached hydrogen (secondary N) is 1. The van der Waals surface area contributed by atoms with Crippen LogP contribution in [0.4, 0.5) is 0 Å². The van der Waals surface area contributed by atoms with Gasteiger partial charge in [0.25, 0.3) is 0 Å². The van der Waals surface area contributed by atoms with Crippen LogP contribution >= 0.6 is 0 Å². The van der Waals surface area contributed by atoms with E-state index < -0.39 is 0 Å². The maximum absolute atomic E-state index is 5.20. The van der Waals surface area contributed by atoms with Crippen molar-refractivity contribution in [1.82, 2.24) is 5.32 Å². The van der Waals surface area contributed by atoms with Gasteiger partial charge >= 0.3 is 0 Å². The van der Waals surface area contributed by atoms with Crippen LogP contribution in [-0.2, 0) is 4.74 Å². The fourth-order valence-corrected chi connectivity index (χ4v) is 1.35. The third kappa shape index (κ3) is 1.70. The lowest BCUT2D eigenvalue weighted by Gasteiger charge is -2.32. The predicted octanol–water partition coefficient (Wildman–Crippen LogP) is 1.22. The third-order valence-electron chi connectivity index (χ3n) is 2.51. The van der Waals surface area contributed by atoms with Crippen molar-refractivity contribution in [2.75, 3.05) is 13.7 Å². The molecule has 60 valence electrons. The highest BCUT2D eigenvalue weighted by atomic mass is 16.5. The van der Waals surface area contributed by atoms with Crippen LogP contribution < -0.4 is 5.32 Å². The van der Waals surface area contributed by atoms with Gasteiger partial charge in [0.1, 0.15) is 6.23 Å². The summed E-state index contributed by atoms with van der Waals surface area (Å²) in [5, 5.41) is 3.33. The first-order valence-corrected chi connectivity index (χ1v) is 4.00. The Morgan fingerprint density at radius 3 is 2.50 bits per heavy atom. The molecule has 0 aromatic carbocycles. The van der Waals surface area contributed by atoms with Crippen LogP contribution in [0.5, 0.6) is 0 Å². The lowest BCUT2D eigenvalue weighted by Crippen LogP contribution is -2.42. The topological polar surface area (TPSA) is 21.3 Å². The summed E-state index contributed by atoms with van der Waals surface area (Å²) in [4.78, 5) is 0. The molecule has 3 atom stereocenters. The summed E-state index contributed by atoms with van der Waals surface area (Å²) in [6.45, 7) is 5.67. The van der Waals surface area contributed by atoms with Crippen LogP contribution in [0, 0.1) is 11.8 Å². The first-order chi connectivity index (χ1) is 4.74. The zero-order valence-electron chi connectivity index (χ0n) is 7.05. The third-order valence-corrected chi connectivity index (χ3v) is 2.51. The number of hydrogen-bond acceptors (Lipinski definition) is 2. The second-order valence-corrected chi connectivity index (χ2v) is 3.32. The van der Waals surface area contributed by atoms with E-state index in [1.165, 1.54) is 0 Å². The summed E-state index contributed by atoms with van der Waals surface area (Å²) in [6.07, 6.45) is 1.45. The van der Waals surface area contributed by atoms with E-state index >= 15 is 0 Å². The van der Waals surface area contributed by atoms with Crippen molar-refractivity contribution in [3.63, 3.8) is 0 Å². The minimum Gasteiger partial charge on any atom is -0.367 e. The van der Waals surface area contributed by atoms with E-state index in [0.29, 0.717) is 6.23 Å². The Kier molecular flexibility index (Phi) is 2.69. The Hall–Kier alpha value is -0.0800. The largest absolute Gasteiger partial charge is 0.367 e. The fraction of sp³-hybridized carbons (Fsp3) is 1.00. The van der Waals surface area contributed by atoms with Gasteiger partial charge in [-0.1, -0.05) is 13.8 Å². The minimum atomic E-state index is 0.297. The van der Waals surface area contributed by atoms with Crippen LogP contribution in [0.15, 0.2) is 0 Å². The average Bonchev–Trinajstić information content (AvgIpc) is 1.95. The molecular weight excluding hydrogens is 126 g/mol. The normalized spacial score (nSPS) is 41.7. The molecule has 10 heavy (non-hydrogen) atoms. The number of hydrogen-bond donors (Lipinski definition) is 1. The first kappa shape index (κ1) is 8.02. The van der Waals surface area contributed by atoms with Gasteiger partial charge in [-0.15, -0.1) is 0 Å². The van der Waals surface area contributed by atoms with Crippen molar-refractivity contribution in [3.05, 3.63) is 0 Å². The molecule has 0 spiro atoms. The monoisotopic (exact) mass is 143 g/mol. The fourth-order valence-electron chi connectivity index (χ4n) is 1.35. The van der Waals surface area contributed by atoms with Gasteiger partial charge in [-0.05, 0) is 18.3 Å². The maximum atomic E-state index is 5.20. The van der Waals surface area contributed by atoms with Gasteiger partial charge in [0.05, 0.1) is 0 Å². The smallest absolute Gasteiger partial charge is 0.108 e. The predicted molar refractivity (Wildman–Crippen MR) is 41.7 cm³/mol. The molecule has 0 aromatic rings. The maximum Gasteiger partial charge on any atom is 0.108 e. The van der Waals surface area contributed by atoms with Crippen LogP contribution in [-0.4, -0.2) is 19.9 Å². The van der Waals surface area contributed by atoms with Gasteiger partial charge in [-0.3, -0.25) is 5.32 Å². The molecule has 0 aromatic heterocycles. The summed E-state index contributed by atoms with van der Waals surface area (Å²) in [5.41, 5.74) is 0. The molecule has 0 bridgehead atoms. The quantitative estimate of drug-likeness (QED) is 0.596. The number of methoxy groups -OCH3 is 1. The van der Waals surface area contributed by atoms with Crippen molar-refractivity contribution >= 4 is 0 Å². The second kappa shape index (κ2) is 3.35. The van der Waals surface area contributed by atoms with Crippen molar-refractivity contribution in [1.29, 1.82) is 0 Å². The summed E-state index contributed by atoms with van der Waals surface area (Å²) in [6, 6.07) is 0. The summed E-state index contributed by atoms with van der Waals surface area (Å²) < 4.78 is 5.20. The molecule has 3 unspecified atom stereocenters. The Morgan fingerprint density at radius 1 is 1.30 bits per heavy atom. The Bertz CT molecular complexity index is 105. The van der Waals surface area contributed by atoms with E-state index in [1.54, 1.807) is 7.11 Å². The molecule has 1 aliphatic rings. The molecule has 0 aliphatic carbocycles. The van der Waals surface area contributed by atoms with Gasteiger partial charge in [0, 0.05) is 13.7 Å². The Morgan fingerprint density at radius 2 is 2.00 bits per heavy atom. The SMILES string of the molecule is COC1CC(C)C(C)CN1. The average molecular weight is 143 g/mol. The molecule has 1 heterocycles. The molecule has 1 N–H and O–H groups in total. The van der Waals surface area contributed by atoms with Crippen molar-refractivity contribution < 1.29 is 4.74 Å². The molecule has 1 aliphatic heterocycles. The van der Waals surface area contributed by atoms with Crippen LogP contribution in [0.1, 0.15) is 20.3 Å². The van der Waals surface area contributed by atoms with Crippen molar-refractivity contribution in [2.24, 2.45) is 11.8 Å². The molecule has 2 nitrogen and oxygen atoms in total. The van der Waals surface area contributed by atoms with Crippen molar-refractivity contribution in [2.45, 2.75) is 26.5 Å². The molecule has 0 amide bonds. The van der Waals surface area contributed by atoms with E-state index in [2.05, 4.69) is 19.2 Å². The molecule has 1 rings (SSSR count). The van der Waals surface area contributed by atoms with E-state index in [1.807, 2.05) is 0 Å². The van der Waals surface area contributed by atoms with Gasteiger partial charge in [0.15, 0.2) is 0 Å². The van der Waals surface area contributed by atoms with Crippen LogP contribution in [0.3, 0.4) is 0 Å². The first-order valence-electron chi connectivity index (χ1n) is 4.00. The molecule has 2 heteroatoms. The molecule has 0 radical (unpaired) electrons. The molecular formula is C8H17NO. The minimum absolute atomic E-state index is 0.297. The summed E-state index contributed by atoms with van der Waals surface area (Å²) >= 11 is 0. The van der Waals surface area contributed by atoms with Crippen LogP contribution in [0.25, 0.3) is 0 Å². The van der Waals surface area contributed by atoms with Gasteiger partial charge in [0.2, 0.25) is 0 Å². The zero-order valence-corrected chi connectivity index (χ0v) is 7.05. The highest BCUT2D eigenvalue weighted by Gasteiger charge is 2.23. The summed E-state index contributed by atoms with van der Waals surface area (Å²) in [5.74, 6) is 1.59. The van der Waals surface area contributed by atoms with Gasteiger partial charge in [-0.2, -0.15) is 0 Å².